The van der Waals surface area contributed by atoms with E-state index in [1.54, 1.807) is 6.20 Å². The van der Waals surface area contributed by atoms with Crippen molar-refractivity contribution < 1.29 is 9.21 Å². The Bertz CT molecular complexity index is 897. The number of benzene rings is 2. The van der Waals surface area contributed by atoms with E-state index in [-0.39, 0.29) is 5.91 Å². The third kappa shape index (κ3) is 3.40. The molecule has 4 heteroatoms. The number of nitrogens with zero attached hydrogens (tertiary/aromatic N) is 2. The molecule has 0 unspecified atom stereocenters. The van der Waals surface area contributed by atoms with Crippen molar-refractivity contribution >= 4 is 5.91 Å². The van der Waals surface area contributed by atoms with Crippen LogP contribution < -0.4 is 0 Å². The number of hydrogen-bond donors (Lipinski definition) is 0. The Balaban J connectivity index is 1.65. The zero-order chi connectivity index (χ0) is 17.9. The largest absolute Gasteiger partial charge is 0.436 e. The van der Waals surface area contributed by atoms with E-state index < -0.39 is 0 Å². The molecule has 0 spiro atoms. The Kier molecular flexibility index (Phi) is 4.57. The van der Waals surface area contributed by atoms with E-state index in [2.05, 4.69) is 4.98 Å². The first kappa shape index (κ1) is 16.6. The average Bonchev–Trinajstić information content (AvgIpc) is 3.39. The molecule has 3 aromatic rings. The van der Waals surface area contributed by atoms with Gasteiger partial charge in [0.05, 0.1) is 11.8 Å². The zero-order valence-electron chi connectivity index (χ0n) is 14.9. The lowest BCUT2D eigenvalue weighted by Gasteiger charge is -2.21. The molecule has 4 rings (SSSR count). The van der Waals surface area contributed by atoms with Crippen molar-refractivity contribution in [1.29, 1.82) is 0 Å². The minimum atomic E-state index is 0.0504. The predicted octanol–water partition coefficient (Wildman–Crippen LogP) is 4.88. The smallest absolute Gasteiger partial charge is 0.254 e. The van der Waals surface area contributed by atoms with E-state index in [1.165, 1.54) is 12.8 Å². The summed E-state index contributed by atoms with van der Waals surface area (Å²) in [5.74, 6) is 1.90. The number of aromatic nitrogens is 1. The summed E-state index contributed by atoms with van der Waals surface area (Å²) in [4.78, 5) is 19.4. The van der Waals surface area contributed by atoms with E-state index in [0.717, 1.165) is 17.7 Å². The van der Waals surface area contributed by atoms with Gasteiger partial charge in [-0.1, -0.05) is 42.5 Å². The van der Waals surface area contributed by atoms with Crippen LogP contribution in [0.3, 0.4) is 0 Å². The highest BCUT2D eigenvalue weighted by molar-refractivity contribution is 6.00. The van der Waals surface area contributed by atoms with Crippen LogP contribution in [0.2, 0.25) is 0 Å². The number of carbonyl (C=O) groups is 1. The lowest BCUT2D eigenvalue weighted by molar-refractivity contribution is 0.0757. The predicted molar refractivity (Wildman–Crippen MR) is 102 cm³/mol. The molecule has 0 aliphatic heterocycles. The molecule has 2 aromatic carbocycles. The van der Waals surface area contributed by atoms with Crippen molar-refractivity contribution in [3.05, 3.63) is 66.4 Å². The van der Waals surface area contributed by atoms with Crippen LogP contribution in [0.4, 0.5) is 0 Å². The lowest BCUT2D eigenvalue weighted by atomic mass is 10.1. The molecule has 1 amide bonds. The molecule has 1 heterocycles. The normalized spacial score (nSPS) is 13.6. The second-order valence-corrected chi connectivity index (χ2v) is 6.73. The topological polar surface area (TPSA) is 46.3 Å². The molecule has 26 heavy (non-hydrogen) atoms. The molecule has 1 aliphatic rings. The maximum absolute atomic E-state index is 13.1. The van der Waals surface area contributed by atoms with Gasteiger partial charge >= 0.3 is 0 Å². The van der Waals surface area contributed by atoms with Gasteiger partial charge in [-0.3, -0.25) is 4.79 Å². The first-order chi connectivity index (χ1) is 12.8. The van der Waals surface area contributed by atoms with Gasteiger partial charge in [-0.25, -0.2) is 4.98 Å². The molecular weight excluding hydrogens is 324 g/mol. The molecule has 1 fully saturated rings. The quantitative estimate of drug-likeness (QED) is 0.639. The Labute approximate surface area is 153 Å². The maximum Gasteiger partial charge on any atom is 0.254 e. The first-order valence-electron chi connectivity index (χ1n) is 9.16. The van der Waals surface area contributed by atoms with Crippen molar-refractivity contribution in [1.82, 2.24) is 9.88 Å². The van der Waals surface area contributed by atoms with Crippen LogP contribution in [0, 0.1) is 5.92 Å². The summed E-state index contributed by atoms with van der Waals surface area (Å²) in [6.45, 7) is 3.58. The molecule has 1 saturated carbocycles. The van der Waals surface area contributed by atoms with E-state index >= 15 is 0 Å². The van der Waals surface area contributed by atoms with E-state index in [9.17, 15) is 4.79 Å². The minimum absolute atomic E-state index is 0.0504. The fourth-order valence-electron chi connectivity index (χ4n) is 3.13. The molecule has 132 valence electrons. The van der Waals surface area contributed by atoms with Gasteiger partial charge in [-0.2, -0.15) is 0 Å². The average molecular weight is 346 g/mol. The third-order valence-electron chi connectivity index (χ3n) is 4.80. The highest BCUT2D eigenvalue weighted by Crippen LogP contribution is 2.32. The summed E-state index contributed by atoms with van der Waals surface area (Å²) in [5.41, 5.74) is 2.37. The van der Waals surface area contributed by atoms with Gasteiger partial charge in [0.2, 0.25) is 5.89 Å². The number of oxazole rings is 1. The Morgan fingerprint density at radius 3 is 2.58 bits per heavy atom. The standard InChI is InChI=1S/C22H22N2O2/c1-2-24(15-16-12-13-16)22(25)19-11-7-6-10-18(19)21-23-14-20(26-21)17-8-4-3-5-9-17/h3-11,14,16H,2,12-13,15H2,1H3. The van der Waals surface area contributed by atoms with Gasteiger partial charge in [-0.15, -0.1) is 0 Å². The molecule has 4 nitrogen and oxygen atoms in total. The summed E-state index contributed by atoms with van der Waals surface area (Å²) < 4.78 is 5.97. The van der Waals surface area contributed by atoms with Crippen molar-refractivity contribution in [3.8, 4) is 22.8 Å². The summed E-state index contributed by atoms with van der Waals surface area (Å²) >= 11 is 0. The summed E-state index contributed by atoms with van der Waals surface area (Å²) in [6.07, 6.45) is 4.17. The maximum atomic E-state index is 13.1. The monoisotopic (exact) mass is 346 g/mol. The fourth-order valence-corrected chi connectivity index (χ4v) is 3.13. The van der Waals surface area contributed by atoms with Crippen molar-refractivity contribution in [2.75, 3.05) is 13.1 Å². The van der Waals surface area contributed by atoms with Crippen LogP contribution in [0.25, 0.3) is 22.8 Å². The highest BCUT2D eigenvalue weighted by atomic mass is 16.4. The Hall–Kier alpha value is -2.88. The molecule has 0 bridgehead atoms. The second kappa shape index (κ2) is 7.16. The van der Waals surface area contributed by atoms with Crippen molar-refractivity contribution in [2.24, 2.45) is 5.92 Å². The van der Waals surface area contributed by atoms with Crippen LogP contribution in [-0.2, 0) is 0 Å². The number of amides is 1. The van der Waals surface area contributed by atoms with Crippen LogP contribution in [0.1, 0.15) is 30.1 Å². The number of hydrogen-bond acceptors (Lipinski definition) is 3. The van der Waals surface area contributed by atoms with Gasteiger partial charge in [0.25, 0.3) is 5.91 Å². The van der Waals surface area contributed by atoms with Crippen molar-refractivity contribution in [2.45, 2.75) is 19.8 Å². The third-order valence-corrected chi connectivity index (χ3v) is 4.80. The fraction of sp³-hybridized carbons (Fsp3) is 0.273. The summed E-state index contributed by atoms with van der Waals surface area (Å²) in [7, 11) is 0. The number of rotatable bonds is 6. The van der Waals surface area contributed by atoms with E-state index in [4.69, 9.17) is 4.42 Å². The lowest BCUT2D eigenvalue weighted by Crippen LogP contribution is -2.33. The highest BCUT2D eigenvalue weighted by Gasteiger charge is 2.28. The summed E-state index contributed by atoms with van der Waals surface area (Å²) in [5, 5.41) is 0. The molecule has 0 atom stereocenters. The van der Waals surface area contributed by atoms with Crippen LogP contribution >= 0.6 is 0 Å². The molecule has 1 aromatic heterocycles. The molecule has 0 N–H and O–H groups in total. The first-order valence-corrected chi connectivity index (χ1v) is 9.16. The van der Waals surface area contributed by atoms with Crippen LogP contribution in [0.5, 0.6) is 0 Å². The van der Waals surface area contributed by atoms with Gasteiger partial charge < -0.3 is 9.32 Å². The second-order valence-electron chi connectivity index (χ2n) is 6.73. The summed E-state index contributed by atoms with van der Waals surface area (Å²) in [6, 6.07) is 17.4. The molecule has 0 radical (unpaired) electrons. The number of carbonyl (C=O) groups excluding carboxylic acids is 1. The van der Waals surface area contributed by atoms with E-state index in [1.807, 2.05) is 66.4 Å². The van der Waals surface area contributed by atoms with Gasteiger partial charge in [0, 0.05) is 24.2 Å². The van der Waals surface area contributed by atoms with Crippen LogP contribution in [-0.4, -0.2) is 28.9 Å². The molecular formula is C22H22N2O2. The van der Waals surface area contributed by atoms with Crippen molar-refractivity contribution in [3.63, 3.8) is 0 Å². The Morgan fingerprint density at radius 1 is 1.12 bits per heavy atom. The van der Waals surface area contributed by atoms with E-state index in [0.29, 0.717) is 29.7 Å². The zero-order valence-corrected chi connectivity index (χ0v) is 14.9. The molecule has 0 saturated heterocycles. The molecule has 1 aliphatic carbocycles. The SMILES string of the molecule is CCN(CC1CC1)C(=O)c1ccccc1-c1ncc(-c2ccccc2)o1. The Morgan fingerprint density at radius 2 is 1.85 bits per heavy atom. The van der Waals surface area contributed by atoms with Gasteiger partial charge in [-0.05, 0) is 37.8 Å². The van der Waals surface area contributed by atoms with Crippen LogP contribution in [0.15, 0.2) is 65.2 Å². The van der Waals surface area contributed by atoms with Gasteiger partial charge in [0.1, 0.15) is 0 Å². The minimum Gasteiger partial charge on any atom is -0.436 e. The van der Waals surface area contributed by atoms with Gasteiger partial charge in [0.15, 0.2) is 5.76 Å².